The maximum Gasteiger partial charge on any atom is 0.373 e. The average molecular weight is 336 g/mol. The van der Waals surface area contributed by atoms with E-state index >= 15 is 0 Å². The van der Waals surface area contributed by atoms with Crippen LogP contribution in [0.5, 0.6) is 0 Å². The highest BCUT2D eigenvalue weighted by atomic mass is 79.9. The molecule has 0 aliphatic rings. The van der Waals surface area contributed by atoms with Crippen molar-refractivity contribution < 1.29 is 14.1 Å². The van der Waals surface area contributed by atoms with Gasteiger partial charge >= 0.3 is 11.6 Å². The average Bonchev–Trinajstić information content (AvgIpc) is 2.76. The Hall–Kier alpha value is -2.08. The van der Waals surface area contributed by atoms with Crippen molar-refractivity contribution in [2.75, 3.05) is 6.61 Å². The van der Waals surface area contributed by atoms with Crippen LogP contribution in [0.4, 0.5) is 0 Å². The third kappa shape index (κ3) is 1.84. The molecule has 0 radical (unpaired) electrons. The fraction of sp³-hybridized carbons (Fsp3) is 0.143. The van der Waals surface area contributed by atoms with Crippen molar-refractivity contribution in [2.24, 2.45) is 0 Å². The lowest BCUT2D eigenvalue weighted by Crippen LogP contribution is -2.13. The zero-order valence-corrected chi connectivity index (χ0v) is 12.1. The lowest BCUT2D eigenvalue weighted by Gasteiger charge is -2.03. The number of carbonyl (C=O) groups excluding carboxylic acids is 1. The highest BCUT2D eigenvalue weighted by Gasteiger charge is 2.21. The van der Waals surface area contributed by atoms with Crippen molar-refractivity contribution in [3.05, 3.63) is 50.8 Å². The molecule has 0 aliphatic heterocycles. The van der Waals surface area contributed by atoms with Crippen molar-refractivity contribution in [2.45, 2.75) is 6.92 Å². The number of pyridine rings is 1. The van der Waals surface area contributed by atoms with Gasteiger partial charge in [-0.3, -0.25) is 0 Å². The number of carbonyl (C=O) groups is 1. The van der Waals surface area contributed by atoms with E-state index in [4.69, 9.17) is 9.26 Å². The molecule has 6 heteroatoms. The fourth-order valence-corrected chi connectivity index (χ4v) is 2.62. The molecule has 102 valence electrons. The van der Waals surface area contributed by atoms with E-state index in [0.29, 0.717) is 11.0 Å². The molecule has 0 saturated carbocycles. The van der Waals surface area contributed by atoms with Gasteiger partial charge in [-0.25, -0.2) is 9.59 Å². The number of hydrogen-bond donors (Lipinski definition) is 0. The van der Waals surface area contributed by atoms with Gasteiger partial charge in [-0.15, -0.1) is 0 Å². The molecule has 0 amide bonds. The van der Waals surface area contributed by atoms with Crippen LogP contribution in [0.1, 0.15) is 17.3 Å². The van der Waals surface area contributed by atoms with Crippen LogP contribution in [0.25, 0.3) is 16.4 Å². The monoisotopic (exact) mass is 335 g/mol. The van der Waals surface area contributed by atoms with Gasteiger partial charge in [0.15, 0.2) is 5.56 Å². The zero-order chi connectivity index (χ0) is 14.3. The van der Waals surface area contributed by atoms with E-state index in [1.807, 2.05) is 24.3 Å². The standard InChI is InChI=1S/C14H10BrNO4/c1-2-19-13(17)12-11-7-6-8-9(15)4-3-5-10(8)16(11)20-14(12)18/h3-7H,2H2,1H3. The third-order valence-corrected chi connectivity index (χ3v) is 3.68. The van der Waals surface area contributed by atoms with E-state index in [-0.39, 0.29) is 12.2 Å². The van der Waals surface area contributed by atoms with E-state index in [1.54, 1.807) is 13.0 Å². The van der Waals surface area contributed by atoms with Crippen LogP contribution in [0.2, 0.25) is 0 Å². The number of halogens is 1. The number of ether oxygens (including phenoxy) is 1. The van der Waals surface area contributed by atoms with Gasteiger partial charge in [0.25, 0.3) is 0 Å². The quantitative estimate of drug-likeness (QED) is 0.675. The molecule has 0 fully saturated rings. The predicted molar refractivity (Wildman–Crippen MR) is 77.1 cm³/mol. The Morgan fingerprint density at radius 1 is 1.30 bits per heavy atom. The minimum atomic E-state index is -0.698. The summed E-state index contributed by atoms with van der Waals surface area (Å²) in [5.74, 6) is -0.668. The first-order valence-corrected chi connectivity index (χ1v) is 6.83. The number of benzene rings is 1. The molecule has 1 aromatic carbocycles. The molecular weight excluding hydrogens is 326 g/mol. The summed E-state index contributed by atoms with van der Waals surface area (Å²) in [6, 6.07) is 9.03. The summed E-state index contributed by atoms with van der Waals surface area (Å²) in [5.41, 5.74) is 0.327. The molecule has 3 aromatic rings. The van der Waals surface area contributed by atoms with Crippen LogP contribution in [0, 0.1) is 0 Å². The van der Waals surface area contributed by atoms with Crippen LogP contribution in [-0.2, 0) is 4.74 Å². The largest absolute Gasteiger partial charge is 0.462 e. The lowest BCUT2D eigenvalue weighted by atomic mass is 10.2. The van der Waals surface area contributed by atoms with Crippen molar-refractivity contribution >= 4 is 38.3 Å². The predicted octanol–water partition coefficient (Wildman–Crippen LogP) is 2.98. The summed E-state index contributed by atoms with van der Waals surface area (Å²) in [5, 5.41) is 0.883. The van der Waals surface area contributed by atoms with Gasteiger partial charge in [0.2, 0.25) is 0 Å². The molecule has 0 atom stereocenters. The number of rotatable bonds is 2. The smallest absolute Gasteiger partial charge is 0.373 e. The molecule has 0 spiro atoms. The van der Waals surface area contributed by atoms with Gasteiger partial charge in [0.05, 0.1) is 12.1 Å². The molecule has 0 aliphatic carbocycles. The Balaban J connectivity index is 2.39. The van der Waals surface area contributed by atoms with E-state index in [1.165, 1.54) is 4.57 Å². The second-order valence-electron chi connectivity index (χ2n) is 4.16. The van der Waals surface area contributed by atoms with E-state index in [2.05, 4.69) is 15.9 Å². The summed E-state index contributed by atoms with van der Waals surface area (Å²) in [6.07, 6.45) is 0. The van der Waals surface area contributed by atoms with Crippen molar-refractivity contribution in [3.63, 3.8) is 0 Å². The number of aromatic nitrogens is 1. The molecular formula is C14H10BrNO4. The van der Waals surface area contributed by atoms with Gasteiger partial charge in [-0.2, -0.15) is 4.57 Å². The first kappa shape index (κ1) is 12.9. The number of esters is 1. The van der Waals surface area contributed by atoms with Gasteiger partial charge in [0, 0.05) is 9.86 Å². The molecule has 0 bridgehead atoms. The highest BCUT2D eigenvalue weighted by Crippen LogP contribution is 2.25. The van der Waals surface area contributed by atoms with E-state index in [9.17, 15) is 9.59 Å². The Morgan fingerprint density at radius 2 is 2.10 bits per heavy atom. The Labute approximate surface area is 121 Å². The number of fused-ring (bicyclic) bond motifs is 3. The third-order valence-electron chi connectivity index (χ3n) is 2.99. The second kappa shape index (κ2) is 4.79. The number of nitrogens with zero attached hydrogens (tertiary/aromatic N) is 1. The van der Waals surface area contributed by atoms with Crippen molar-refractivity contribution in [3.8, 4) is 0 Å². The van der Waals surface area contributed by atoms with Gasteiger partial charge in [-0.1, -0.05) is 22.0 Å². The maximum atomic E-state index is 11.9. The Kier molecular flexibility index (Phi) is 3.10. The first-order chi connectivity index (χ1) is 9.63. The van der Waals surface area contributed by atoms with Crippen LogP contribution >= 0.6 is 15.9 Å². The van der Waals surface area contributed by atoms with Crippen LogP contribution in [0.15, 0.2) is 44.1 Å². The maximum absolute atomic E-state index is 11.9. The molecule has 0 unspecified atom stereocenters. The molecule has 2 heterocycles. The molecule has 0 N–H and O–H groups in total. The minimum Gasteiger partial charge on any atom is -0.462 e. The van der Waals surface area contributed by atoms with Crippen molar-refractivity contribution in [1.82, 2.24) is 4.57 Å². The molecule has 2 aromatic heterocycles. The van der Waals surface area contributed by atoms with Crippen LogP contribution < -0.4 is 5.63 Å². The summed E-state index contributed by atoms with van der Waals surface area (Å²) in [7, 11) is 0. The number of hydrogen-bond acceptors (Lipinski definition) is 4. The molecule has 20 heavy (non-hydrogen) atoms. The van der Waals surface area contributed by atoms with Crippen LogP contribution in [-0.4, -0.2) is 17.1 Å². The molecule has 5 nitrogen and oxygen atoms in total. The van der Waals surface area contributed by atoms with Crippen LogP contribution in [0.3, 0.4) is 0 Å². The van der Waals surface area contributed by atoms with Gasteiger partial charge < -0.3 is 9.26 Å². The normalized spacial score (nSPS) is 11.1. The fourth-order valence-electron chi connectivity index (χ4n) is 2.13. The second-order valence-corrected chi connectivity index (χ2v) is 5.01. The summed E-state index contributed by atoms with van der Waals surface area (Å²) in [4.78, 5) is 23.7. The Bertz CT molecular complexity index is 878. The van der Waals surface area contributed by atoms with Gasteiger partial charge in [-0.05, 0) is 31.2 Å². The topological polar surface area (TPSA) is 60.9 Å². The lowest BCUT2D eigenvalue weighted by molar-refractivity contribution is 0.0525. The van der Waals surface area contributed by atoms with E-state index < -0.39 is 11.6 Å². The highest BCUT2D eigenvalue weighted by molar-refractivity contribution is 9.10. The Morgan fingerprint density at radius 3 is 2.85 bits per heavy atom. The summed E-state index contributed by atoms with van der Waals surface area (Å²) in [6.45, 7) is 1.89. The first-order valence-electron chi connectivity index (χ1n) is 6.04. The molecule has 0 saturated heterocycles. The minimum absolute atomic E-state index is 0.0753. The zero-order valence-electron chi connectivity index (χ0n) is 10.6. The summed E-state index contributed by atoms with van der Waals surface area (Å²) >= 11 is 3.44. The SMILES string of the molecule is CCOC(=O)c1c(=O)on2c1ccc1c(Br)cccc12. The summed E-state index contributed by atoms with van der Waals surface area (Å²) < 4.78 is 12.3. The van der Waals surface area contributed by atoms with E-state index in [0.717, 1.165) is 9.86 Å². The molecule has 3 rings (SSSR count). The van der Waals surface area contributed by atoms with Gasteiger partial charge in [0.1, 0.15) is 5.52 Å². The van der Waals surface area contributed by atoms with Crippen molar-refractivity contribution in [1.29, 1.82) is 0 Å².